The van der Waals surface area contributed by atoms with Crippen molar-refractivity contribution >= 4 is 5.82 Å². The third-order valence-corrected chi connectivity index (χ3v) is 2.58. The number of anilines is 1. The lowest BCUT2D eigenvalue weighted by atomic mass is 10.1. The number of para-hydroxylation sites is 1. The van der Waals surface area contributed by atoms with Crippen LogP contribution in [0.4, 0.5) is 5.82 Å². The molecule has 0 bridgehead atoms. The van der Waals surface area contributed by atoms with Crippen molar-refractivity contribution in [3.63, 3.8) is 0 Å². The molecule has 0 saturated carbocycles. The van der Waals surface area contributed by atoms with Gasteiger partial charge in [-0.25, -0.2) is 0 Å². The van der Waals surface area contributed by atoms with Crippen LogP contribution in [-0.4, -0.2) is 31.3 Å². The summed E-state index contributed by atoms with van der Waals surface area (Å²) in [5.74, 6) is 1.78. The minimum atomic E-state index is 0.366. The summed E-state index contributed by atoms with van der Waals surface area (Å²) in [6.07, 6.45) is 0. The Morgan fingerprint density at radius 1 is 1.39 bits per heavy atom. The maximum atomic E-state index is 5.57. The summed E-state index contributed by atoms with van der Waals surface area (Å²) in [4.78, 5) is 2.08. The Bertz CT molecular complexity index is 535. The van der Waals surface area contributed by atoms with Crippen molar-refractivity contribution in [1.82, 2.24) is 10.1 Å². The van der Waals surface area contributed by atoms with Gasteiger partial charge >= 0.3 is 0 Å². The Morgan fingerprint density at radius 3 is 2.72 bits per heavy atom. The van der Waals surface area contributed by atoms with Gasteiger partial charge < -0.3 is 19.9 Å². The highest BCUT2D eigenvalue weighted by atomic mass is 16.5. The zero-order valence-electron chi connectivity index (χ0n) is 10.8. The van der Waals surface area contributed by atoms with Gasteiger partial charge in [-0.15, -0.1) is 0 Å². The van der Waals surface area contributed by atoms with Gasteiger partial charge in [0.1, 0.15) is 5.75 Å². The van der Waals surface area contributed by atoms with Crippen LogP contribution in [0.1, 0.15) is 5.56 Å². The molecular formula is C13H17N3O2. The number of hydrogen-bond acceptors (Lipinski definition) is 5. The van der Waals surface area contributed by atoms with Gasteiger partial charge in [0.25, 0.3) is 0 Å². The molecule has 0 atom stereocenters. The molecule has 0 unspecified atom stereocenters. The van der Waals surface area contributed by atoms with Crippen LogP contribution in [0.3, 0.4) is 0 Å². The summed E-state index contributed by atoms with van der Waals surface area (Å²) in [6, 6.07) is 7.62. The molecule has 2 aromatic rings. The van der Waals surface area contributed by atoms with E-state index in [1.165, 1.54) is 0 Å². The first kappa shape index (κ1) is 12.4. The van der Waals surface area contributed by atoms with Gasteiger partial charge in [0.15, 0.2) is 11.6 Å². The van der Waals surface area contributed by atoms with Gasteiger partial charge in [-0.3, -0.25) is 0 Å². The largest absolute Gasteiger partial charge is 0.496 e. The average molecular weight is 247 g/mol. The highest BCUT2D eigenvalue weighted by molar-refractivity contribution is 5.69. The standard InChI is InChI=1S/C13H17N3O2/c1-16(2)8-9-5-4-6-10(13(9)17-3)11-7-12(14)15-18-11/h4-7H,8H2,1-3H3,(H2,14,15). The predicted octanol–water partition coefficient (Wildman–Crippen LogP) is 1.99. The molecule has 0 radical (unpaired) electrons. The quantitative estimate of drug-likeness (QED) is 0.895. The minimum absolute atomic E-state index is 0.366. The molecule has 2 rings (SSSR count). The molecule has 0 amide bonds. The molecule has 5 heteroatoms. The van der Waals surface area contributed by atoms with E-state index in [4.69, 9.17) is 15.0 Å². The number of nitrogens with zero attached hydrogens (tertiary/aromatic N) is 2. The van der Waals surface area contributed by atoms with Crippen LogP contribution in [0.2, 0.25) is 0 Å². The van der Waals surface area contributed by atoms with Crippen LogP contribution < -0.4 is 10.5 Å². The summed E-state index contributed by atoms with van der Waals surface area (Å²) in [7, 11) is 5.68. The van der Waals surface area contributed by atoms with E-state index >= 15 is 0 Å². The van der Waals surface area contributed by atoms with E-state index in [2.05, 4.69) is 10.1 Å². The number of methoxy groups -OCH3 is 1. The smallest absolute Gasteiger partial charge is 0.172 e. The zero-order valence-corrected chi connectivity index (χ0v) is 10.8. The van der Waals surface area contributed by atoms with E-state index in [1.807, 2.05) is 32.3 Å². The highest BCUT2D eigenvalue weighted by Gasteiger charge is 2.14. The summed E-state index contributed by atoms with van der Waals surface area (Å²) < 4.78 is 10.7. The maximum absolute atomic E-state index is 5.57. The molecule has 0 saturated heterocycles. The average Bonchev–Trinajstić information content (AvgIpc) is 2.74. The number of benzene rings is 1. The van der Waals surface area contributed by atoms with Crippen molar-refractivity contribution in [1.29, 1.82) is 0 Å². The lowest BCUT2D eigenvalue weighted by Gasteiger charge is -2.15. The lowest BCUT2D eigenvalue weighted by molar-refractivity contribution is 0.370. The van der Waals surface area contributed by atoms with Crippen LogP contribution in [0, 0.1) is 0 Å². The molecule has 0 fully saturated rings. The summed E-state index contributed by atoms with van der Waals surface area (Å²) in [6.45, 7) is 0.792. The third-order valence-electron chi connectivity index (χ3n) is 2.58. The molecule has 1 heterocycles. The Morgan fingerprint density at radius 2 is 2.17 bits per heavy atom. The minimum Gasteiger partial charge on any atom is -0.496 e. The van der Waals surface area contributed by atoms with Crippen molar-refractivity contribution < 1.29 is 9.26 Å². The van der Waals surface area contributed by atoms with Gasteiger partial charge in [-0.05, 0) is 20.2 Å². The van der Waals surface area contributed by atoms with E-state index in [9.17, 15) is 0 Å². The molecule has 0 spiro atoms. The number of hydrogen-bond donors (Lipinski definition) is 1. The second-order valence-electron chi connectivity index (χ2n) is 4.35. The first-order valence-electron chi connectivity index (χ1n) is 5.65. The van der Waals surface area contributed by atoms with Gasteiger partial charge in [-0.1, -0.05) is 17.3 Å². The van der Waals surface area contributed by atoms with Crippen molar-refractivity contribution in [3.05, 3.63) is 29.8 Å². The van der Waals surface area contributed by atoms with Crippen molar-refractivity contribution in [2.75, 3.05) is 26.9 Å². The molecule has 0 aliphatic carbocycles. The second-order valence-corrected chi connectivity index (χ2v) is 4.35. The number of nitrogen functional groups attached to an aromatic ring is 1. The Labute approximate surface area is 106 Å². The maximum Gasteiger partial charge on any atom is 0.172 e. The van der Waals surface area contributed by atoms with Crippen LogP contribution in [0.25, 0.3) is 11.3 Å². The SMILES string of the molecule is COc1c(CN(C)C)cccc1-c1cc(N)no1. The summed E-state index contributed by atoms with van der Waals surface area (Å²) in [5, 5.41) is 3.70. The van der Waals surface area contributed by atoms with Crippen LogP contribution in [0.15, 0.2) is 28.8 Å². The Balaban J connectivity index is 2.47. The Hall–Kier alpha value is -2.01. The van der Waals surface area contributed by atoms with Crippen LogP contribution in [0.5, 0.6) is 5.75 Å². The van der Waals surface area contributed by atoms with E-state index in [1.54, 1.807) is 13.2 Å². The Kier molecular flexibility index (Phi) is 3.53. The predicted molar refractivity (Wildman–Crippen MR) is 70.3 cm³/mol. The second kappa shape index (κ2) is 5.10. The number of rotatable bonds is 4. The normalized spacial score (nSPS) is 10.9. The highest BCUT2D eigenvalue weighted by Crippen LogP contribution is 2.34. The topological polar surface area (TPSA) is 64.5 Å². The van der Waals surface area contributed by atoms with Gasteiger partial charge in [0.2, 0.25) is 0 Å². The number of ether oxygens (including phenoxy) is 1. The molecule has 0 aliphatic heterocycles. The monoisotopic (exact) mass is 247 g/mol. The first-order valence-corrected chi connectivity index (χ1v) is 5.65. The molecule has 96 valence electrons. The van der Waals surface area contributed by atoms with Gasteiger partial charge in [-0.2, -0.15) is 0 Å². The zero-order chi connectivity index (χ0) is 13.1. The fraction of sp³-hybridized carbons (Fsp3) is 0.308. The molecular weight excluding hydrogens is 230 g/mol. The van der Waals surface area contributed by atoms with E-state index in [0.29, 0.717) is 11.6 Å². The van der Waals surface area contributed by atoms with E-state index in [-0.39, 0.29) is 0 Å². The van der Waals surface area contributed by atoms with Crippen molar-refractivity contribution in [2.24, 2.45) is 0 Å². The molecule has 1 aromatic carbocycles. The molecule has 18 heavy (non-hydrogen) atoms. The summed E-state index contributed by atoms with van der Waals surface area (Å²) >= 11 is 0. The number of aromatic nitrogens is 1. The van der Waals surface area contributed by atoms with Gasteiger partial charge in [0.05, 0.1) is 12.7 Å². The summed E-state index contributed by atoms with van der Waals surface area (Å²) in [5.41, 5.74) is 7.53. The first-order chi connectivity index (χ1) is 8.61. The van der Waals surface area contributed by atoms with Crippen molar-refractivity contribution in [2.45, 2.75) is 6.54 Å². The molecule has 5 nitrogen and oxygen atoms in total. The fourth-order valence-electron chi connectivity index (χ4n) is 1.90. The fourth-order valence-corrected chi connectivity index (χ4v) is 1.90. The molecule has 2 N–H and O–H groups in total. The van der Waals surface area contributed by atoms with Gasteiger partial charge in [0, 0.05) is 18.2 Å². The molecule has 0 aliphatic rings. The third kappa shape index (κ3) is 2.46. The van der Waals surface area contributed by atoms with E-state index < -0.39 is 0 Å². The van der Waals surface area contributed by atoms with Crippen LogP contribution >= 0.6 is 0 Å². The van der Waals surface area contributed by atoms with Crippen LogP contribution in [-0.2, 0) is 6.54 Å². The van der Waals surface area contributed by atoms with Crippen molar-refractivity contribution in [3.8, 4) is 17.1 Å². The van der Waals surface area contributed by atoms with E-state index in [0.717, 1.165) is 23.4 Å². The molecule has 1 aromatic heterocycles. The lowest BCUT2D eigenvalue weighted by Crippen LogP contribution is -2.11. The number of nitrogens with two attached hydrogens (primary N) is 1.